The van der Waals surface area contributed by atoms with Crippen molar-refractivity contribution in [1.82, 2.24) is 15.1 Å². The molecular formula is C16H19N3O4S. The zero-order chi connectivity index (χ0) is 16.8. The van der Waals surface area contributed by atoms with Crippen LogP contribution in [0.5, 0.6) is 5.75 Å². The van der Waals surface area contributed by atoms with Crippen LogP contribution in [0.2, 0.25) is 0 Å². The number of morpholine rings is 1. The molecule has 1 aliphatic rings. The Bertz CT molecular complexity index is 668. The van der Waals surface area contributed by atoms with Gasteiger partial charge in [-0.15, -0.1) is 10.2 Å². The number of hydrogen-bond donors (Lipinski definition) is 0. The number of rotatable bonds is 6. The van der Waals surface area contributed by atoms with E-state index in [9.17, 15) is 4.79 Å². The molecule has 0 saturated carbocycles. The molecule has 1 amide bonds. The van der Waals surface area contributed by atoms with Gasteiger partial charge >= 0.3 is 0 Å². The number of benzene rings is 1. The molecule has 24 heavy (non-hydrogen) atoms. The maximum Gasteiger partial charge on any atom is 0.277 e. The van der Waals surface area contributed by atoms with Crippen LogP contribution in [-0.2, 0) is 16.0 Å². The molecule has 1 aromatic heterocycles. The van der Waals surface area contributed by atoms with Crippen LogP contribution in [0.1, 0.15) is 11.5 Å². The van der Waals surface area contributed by atoms with Gasteiger partial charge < -0.3 is 18.8 Å². The largest absolute Gasteiger partial charge is 0.497 e. The van der Waals surface area contributed by atoms with Crippen LogP contribution in [0, 0.1) is 0 Å². The Labute approximate surface area is 144 Å². The summed E-state index contributed by atoms with van der Waals surface area (Å²) in [6.45, 7) is 2.49. The molecular weight excluding hydrogens is 330 g/mol. The Morgan fingerprint density at radius 1 is 1.25 bits per heavy atom. The molecule has 0 atom stereocenters. The highest BCUT2D eigenvalue weighted by atomic mass is 32.2. The van der Waals surface area contributed by atoms with Crippen LogP contribution in [0.4, 0.5) is 0 Å². The first-order valence-corrected chi connectivity index (χ1v) is 8.67. The number of thioether (sulfide) groups is 1. The van der Waals surface area contributed by atoms with Crippen LogP contribution in [0.15, 0.2) is 33.9 Å². The predicted molar refractivity (Wildman–Crippen MR) is 88.2 cm³/mol. The summed E-state index contributed by atoms with van der Waals surface area (Å²) >= 11 is 1.27. The monoisotopic (exact) mass is 349 g/mol. The predicted octanol–water partition coefficient (Wildman–Crippen LogP) is 1.62. The van der Waals surface area contributed by atoms with Crippen LogP contribution in [0.25, 0.3) is 0 Å². The van der Waals surface area contributed by atoms with E-state index in [0.717, 1.165) is 11.3 Å². The van der Waals surface area contributed by atoms with Gasteiger partial charge in [0.25, 0.3) is 5.22 Å². The van der Waals surface area contributed by atoms with Gasteiger partial charge in [-0.05, 0) is 17.7 Å². The summed E-state index contributed by atoms with van der Waals surface area (Å²) < 4.78 is 16.0. The first-order chi connectivity index (χ1) is 11.7. The fourth-order valence-electron chi connectivity index (χ4n) is 2.31. The number of nitrogens with zero attached hydrogens (tertiary/aromatic N) is 3. The van der Waals surface area contributed by atoms with Crippen molar-refractivity contribution in [3.05, 3.63) is 35.7 Å². The SMILES string of the molecule is COc1ccc(Cc2nnc(SCC(=O)N3CCOCC3)o2)cc1. The molecule has 8 heteroatoms. The van der Waals surface area contributed by atoms with Gasteiger partial charge in [-0.2, -0.15) is 0 Å². The molecule has 1 saturated heterocycles. The Morgan fingerprint density at radius 2 is 2.00 bits per heavy atom. The number of carbonyl (C=O) groups excluding carboxylic acids is 1. The summed E-state index contributed by atoms with van der Waals surface area (Å²) in [5.41, 5.74) is 1.06. The molecule has 1 aliphatic heterocycles. The molecule has 0 N–H and O–H groups in total. The molecule has 1 fully saturated rings. The summed E-state index contributed by atoms with van der Waals surface area (Å²) in [5, 5.41) is 8.44. The molecule has 7 nitrogen and oxygen atoms in total. The smallest absolute Gasteiger partial charge is 0.277 e. The molecule has 0 spiro atoms. The first-order valence-electron chi connectivity index (χ1n) is 7.68. The van der Waals surface area contributed by atoms with Gasteiger partial charge in [-0.3, -0.25) is 4.79 Å². The lowest BCUT2D eigenvalue weighted by molar-refractivity contribution is -0.132. The van der Waals surface area contributed by atoms with Gasteiger partial charge in [-0.25, -0.2) is 0 Å². The van der Waals surface area contributed by atoms with Gasteiger partial charge in [-0.1, -0.05) is 23.9 Å². The fourth-order valence-corrected chi connectivity index (χ4v) is 3.00. The maximum absolute atomic E-state index is 12.1. The number of carbonyl (C=O) groups is 1. The van der Waals surface area contributed by atoms with Gasteiger partial charge in [0.1, 0.15) is 5.75 Å². The molecule has 128 valence electrons. The number of hydrogen-bond acceptors (Lipinski definition) is 7. The van der Waals surface area contributed by atoms with Crippen molar-refractivity contribution in [2.24, 2.45) is 0 Å². The number of methoxy groups -OCH3 is 1. The third kappa shape index (κ3) is 4.48. The summed E-state index contributed by atoms with van der Waals surface area (Å²) in [6.07, 6.45) is 0.551. The summed E-state index contributed by atoms with van der Waals surface area (Å²) in [6, 6.07) is 7.69. The van der Waals surface area contributed by atoms with E-state index in [1.165, 1.54) is 11.8 Å². The first kappa shape index (κ1) is 16.8. The quantitative estimate of drug-likeness (QED) is 0.733. The van der Waals surface area contributed by atoms with Crippen molar-refractivity contribution >= 4 is 17.7 Å². The van der Waals surface area contributed by atoms with Crippen molar-refractivity contribution in [2.75, 3.05) is 39.2 Å². The standard InChI is InChI=1S/C16H19N3O4S/c1-21-13-4-2-12(3-5-13)10-14-17-18-16(23-14)24-11-15(20)19-6-8-22-9-7-19/h2-5H,6-11H2,1H3. The van der Waals surface area contributed by atoms with E-state index in [4.69, 9.17) is 13.9 Å². The van der Waals surface area contributed by atoms with Crippen molar-refractivity contribution in [1.29, 1.82) is 0 Å². The molecule has 0 radical (unpaired) electrons. The zero-order valence-corrected chi connectivity index (χ0v) is 14.3. The second kappa shape index (κ2) is 8.16. The maximum atomic E-state index is 12.1. The highest BCUT2D eigenvalue weighted by Gasteiger charge is 2.18. The Morgan fingerprint density at radius 3 is 2.71 bits per heavy atom. The second-order valence-corrected chi connectivity index (χ2v) is 6.19. The highest BCUT2D eigenvalue weighted by Crippen LogP contribution is 2.19. The van der Waals surface area contributed by atoms with E-state index >= 15 is 0 Å². The van der Waals surface area contributed by atoms with Gasteiger partial charge in [0, 0.05) is 13.1 Å². The second-order valence-electron chi connectivity index (χ2n) is 5.27. The minimum absolute atomic E-state index is 0.0678. The zero-order valence-electron chi connectivity index (χ0n) is 13.4. The van der Waals surface area contributed by atoms with Crippen LogP contribution in [-0.4, -0.2) is 60.2 Å². The lowest BCUT2D eigenvalue weighted by atomic mass is 10.1. The normalized spacial score (nSPS) is 14.6. The third-order valence-electron chi connectivity index (χ3n) is 3.65. The van der Waals surface area contributed by atoms with E-state index < -0.39 is 0 Å². The van der Waals surface area contributed by atoms with Crippen molar-refractivity contribution in [2.45, 2.75) is 11.6 Å². The van der Waals surface area contributed by atoms with Gasteiger partial charge in [0.2, 0.25) is 11.8 Å². The minimum Gasteiger partial charge on any atom is -0.497 e. The van der Waals surface area contributed by atoms with Gasteiger partial charge in [0.05, 0.1) is 32.5 Å². The molecule has 0 bridgehead atoms. The van der Waals surface area contributed by atoms with Crippen LogP contribution >= 0.6 is 11.8 Å². The Hall–Kier alpha value is -2.06. The topological polar surface area (TPSA) is 77.7 Å². The highest BCUT2D eigenvalue weighted by molar-refractivity contribution is 7.99. The van der Waals surface area contributed by atoms with E-state index in [0.29, 0.717) is 49.6 Å². The molecule has 2 aromatic rings. The molecule has 1 aromatic carbocycles. The number of amides is 1. The summed E-state index contributed by atoms with van der Waals surface area (Å²) in [5.74, 6) is 1.70. The van der Waals surface area contributed by atoms with Gasteiger partial charge in [0.15, 0.2) is 0 Å². The van der Waals surface area contributed by atoms with E-state index in [-0.39, 0.29) is 5.91 Å². The summed E-state index contributed by atoms with van der Waals surface area (Å²) in [4.78, 5) is 13.9. The van der Waals surface area contributed by atoms with E-state index in [1.54, 1.807) is 12.0 Å². The average molecular weight is 349 g/mol. The van der Waals surface area contributed by atoms with E-state index in [2.05, 4.69) is 10.2 Å². The molecule has 2 heterocycles. The van der Waals surface area contributed by atoms with Crippen LogP contribution in [0.3, 0.4) is 0 Å². The average Bonchev–Trinajstić information content (AvgIpc) is 3.08. The minimum atomic E-state index is 0.0678. The van der Waals surface area contributed by atoms with Crippen molar-refractivity contribution in [3.63, 3.8) is 0 Å². The Balaban J connectivity index is 1.50. The number of aromatic nitrogens is 2. The van der Waals surface area contributed by atoms with Crippen molar-refractivity contribution < 1.29 is 18.7 Å². The third-order valence-corrected chi connectivity index (χ3v) is 4.45. The number of ether oxygens (including phenoxy) is 2. The van der Waals surface area contributed by atoms with E-state index in [1.807, 2.05) is 24.3 Å². The fraction of sp³-hybridized carbons (Fsp3) is 0.438. The molecule has 0 aliphatic carbocycles. The Kier molecular flexibility index (Phi) is 5.71. The van der Waals surface area contributed by atoms with Crippen LogP contribution < -0.4 is 4.74 Å². The lowest BCUT2D eigenvalue weighted by Gasteiger charge is -2.26. The molecule has 3 rings (SSSR count). The molecule has 0 unspecified atom stereocenters. The summed E-state index contributed by atoms with van der Waals surface area (Å²) in [7, 11) is 1.63. The van der Waals surface area contributed by atoms with Crippen molar-refractivity contribution in [3.8, 4) is 5.75 Å². The lowest BCUT2D eigenvalue weighted by Crippen LogP contribution is -2.41.